The van der Waals surface area contributed by atoms with Gasteiger partial charge in [-0.15, -0.1) is 0 Å². The molecule has 0 bridgehead atoms. The van der Waals surface area contributed by atoms with Crippen molar-refractivity contribution in [3.8, 4) is 5.75 Å². The van der Waals surface area contributed by atoms with Crippen LogP contribution in [-0.2, 0) is 16.0 Å². The summed E-state index contributed by atoms with van der Waals surface area (Å²) in [6.07, 6.45) is 3.53. The topological polar surface area (TPSA) is 58.6 Å². The lowest BCUT2D eigenvalue weighted by atomic mass is 9.96. The molecular weight excluding hydrogens is 380 g/mol. The minimum absolute atomic E-state index is 0.691. The third kappa shape index (κ3) is 7.45. The number of para-hydroxylation sites is 1. The van der Waals surface area contributed by atoms with Crippen molar-refractivity contribution >= 4 is 5.96 Å². The van der Waals surface area contributed by atoms with Crippen molar-refractivity contribution in [1.82, 2.24) is 15.1 Å². The molecule has 0 spiro atoms. The van der Waals surface area contributed by atoms with Crippen molar-refractivity contribution in [3.05, 3.63) is 29.8 Å². The minimum atomic E-state index is 0.691. The molecule has 3 rings (SSSR count). The molecule has 0 unspecified atom stereocenters. The second-order valence-electron chi connectivity index (χ2n) is 8.08. The van der Waals surface area contributed by atoms with Gasteiger partial charge in [-0.3, -0.25) is 9.89 Å². The number of morpholine rings is 1. The molecule has 2 fully saturated rings. The lowest BCUT2D eigenvalue weighted by Gasteiger charge is -2.27. The first-order valence-electron chi connectivity index (χ1n) is 11.3. The Morgan fingerprint density at radius 2 is 1.90 bits per heavy atom. The summed E-state index contributed by atoms with van der Waals surface area (Å²) in [4.78, 5) is 9.08. The number of ether oxygens (including phenoxy) is 3. The van der Waals surface area contributed by atoms with Gasteiger partial charge in [-0.25, -0.2) is 0 Å². The van der Waals surface area contributed by atoms with Gasteiger partial charge in [0, 0.05) is 65.6 Å². The minimum Gasteiger partial charge on any atom is -0.492 e. The number of benzene rings is 1. The molecule has 1 N–H and O–H groups in total. The first kappa shape index (κ1) is 22.8. The summed E-state index contributed by atoms with van der Waals surface area (Å²) in [7, 11) is 3.96. The second-order valence-corrected chi connectivity index (χ2v) is 8.08. The predicted molar refractivity (Wildman–Crippen MR) is 120 cm³/mol. The average Bonchev–Trinajstić information content (AvgIpc) is 2.80. The molecule has 30 heavy (non-hydrogen) atoms. The Kier molecular flexibility index (Phi) is 9.73. The first-order chi connectivity index (χ1) is 14.8. The summed E-state index contributed by atoms with van der Waals surface area (Å²) >= 11 is 0. The number of guanidine groups is 1. The zero-order valence-corrected chi connectivity index (χ0v) is 18.6. The van der Waals surface area contributed by atoms with E-state index < -0.39 is 0 Å². The van der Waals surface area contributed by atoms with Crippen LogP contribution in [0.3, 0.4) is 0 Å². The van der Waals surface area contributed by atoms with Gasteiger partial charge in [0.05, 0.1) is 13.2 Å². The fourth-order valence-corrected chi connectivity index (χ4v) is 3.98. The van der Waals surface area contributed by atoms with Gasteiger partial charge in [0.2, 0.25) is 0 Å². The van der Waals surface area contributed by atoms with Crippen LogP contribution in [0.15, 0.2) is 29.3 Å². The summed E-state index contributed by atoms with van der Waals surface area (Å²) in [6, 6.07) is 8.26. The smallest absolute Gasteiger partial charge is 0.193 e. The first-order valence-corrected chi connectivity index (χ1v) is 11.3. The van der Waals surface area contributed by atoms with Gasteiger partial charge in [-0.1, -0.05) is 18.2 Å². The molecule has 7 nitrogen and oxygen atoms in total. The van der Waals surface area contributed by atoms with E-state index in [1.165, 1.54) is 19.3 Å². The molecule has 1 aromatic carbocycles. The maximum absolute atomic E-state index is 6.11. The number of rotatable bonds is 9. The standard InChI is InChI=1S/C23H38N4O3/c1-24-23(26(2)10-7-20-8-14-28-15-9-20)25-19-21-5-3-4-6-22(21)30-18-13-27-11-16-29-17-12-27/h3-6,20H,7-19H2,1-2H3,(H,24,25). The van der Waals surface area contributed by atoms with Gasteiger partial charge in [0.1, 0.15) is 12.4 Å². The Morgan fingerprint density at radius 3 is 2.67 bits per heavy atom. The normalized spacial score (nSPS) is 18.9. The maximum atomic E-state index is 6.11. The summed E-state index contributed by atoms with van der Waals surface area (Å²) in [6.45, 7) is 8.76. The van der Waals surface area contributed by atoms with Gasteiger partial charge in [-0.05, 0) is 31.2 Å². The van der Waals surface area contributed by atoms with Gasteiger partial charge < -0.3 is 24.4 Å². The fourth-order valence-electron chi connectivity index (χ4n) is 3.98. The molecule has 2 aliphatic heterocycles. The second kappa shape index (κ2) is 12.8. The number of hydrogen-bond acceptors (Lipinski definition) is 5. The molecule has 0 amide bonds. The molecule has 0 saturated carbocycles. The van der Waals surface area contributed by atoms with Crippen molar-refractivity contribution in [1.29, 1.82) is 0 Å². The SMILES string of the molecule is CN=C(NCc1ccccc1OCCN1CCOCC1)N(C)CCC1CCOCC1. The Hall–Kier alpha value is -1.83. The number of nitrogens with zero attached hydrogens (tertiary/aromatic N) is 3. The van der Waals surface area contributed by atoms with Gasteiger partial charge in [-0.2, -0.15) is 0 Å². The van der Waals surface area contributed by atoms with E-state index in [1.807, 2.05) is 19.2 Å². The highest BCUT2D eigenvalue weighted by Crippen LogP contribution is 2.19. The van der Waals surface area contributed by atoms with E-state index in [0.717, 1.165) is 75.8 Å². The van der Waals surface area contributed by atoms with Crippen molar-refractivity contribution in [2.75, 3.05) is 73.3 Å². The lowest BCUT2D eigenvalue weighted by molar-refractivity contribution is 0.0322. The third-order valence-electron chi connectivity index (χ3n) is 5.97. The van der Waals surface area contributed by atoms with Crippen LogP contribution in [0.1, 0.15) is 24.8 Å². The molecule has 1 aromatic rings. The van der Waals surface area contributed by atoms with E-state index >= 15 is 0 Å². The molecule has 7 heteroatoms. The zero-order valence-electron chi connectivity index (χ0n) is 18.6. The van der Waals surface area contributed by atoms with E-state index in [-0.39, 0.29) is 0 Å². The molecular formula is C23H38N4O3. The Bertz CT molecular complexity index is 643. The fraction of sp³-hybridized carbons (Fsp3) is 0.696. The molecule has 0 atom stereocenters. The van der Waals surface area contributed by atoms with E-state index in [2.05, 4.69) is 39.3 Å². The lowest BCUT2D eigenvalue weighted by Crippen LogP contribution is -2.40. The van der Waals surface area contributed by atoms with E-state index in [1.54, 1.807) is 0 Å². The average molecular weight is 419 g/mol. The van der Waals surface area contributed by atoms with Crippen LogP contribution >= 0.6 is 0 Å². The summed E-state index contributed by atoms with van der Waals surface area (Å²) in [5, 5.41) is 3.50. The van der Waals surface area contributed by atoms with Crippen LogP contribution in [0.2, 0.25) is 0 Å². The molecule has 0 radical (unpaired) electrons. The largest absolute Gasteiger partial charge is 0.492 e. The monoisotopic (exact) mass is 418 g/mol. The highest BCUT2D eigenvalue weighted by atomic mass is 16.5. The third-order valence-corrected chi connectivity index (χ3v) is 5.97. The van der Waals surface area contributed by atoms with Crippen molar-refractivity contribution in [2.45, 2.75) is 25.8 Å². The summed E-state index contributed by atoms with van der Waals surface area (Å²) < 4.78 is 17.0. The van der Waals surface area contributed by atoms with Crippen LogP contribution in [0.4, 0.5) is 0 Å². The van der Waals surface area contributed by atoms with Crippen LogP contribution in [-0.4, -0.2) is 89.1 Å². The molecule has 2 aliphatic rings. The number of nitrogens with one attached hydrogen (secondary N) is 1. The Balaban J connectivity index is 1.43. The highest BCUT2D eigenvalue weighted by molar-refractivity contribution is 5.79. The van der Waals surface area contributed by atoms with Crippen LogP contribution < -0.4 is 10.1 Å². The van der Waals surface area contributed by atoms with Gasteiger partial charge in [0.25, 0.3) is 0 Å². The van der Waals surface area contributed by atoms with E-state index in [4.69, 9.17) is 14.2 Å². The summed E-state index contributed by atoms with van der Waals surface area (Å²) in [5.41, 5.74) is 1.15. The number of aliphatic imine (C=N–C) groups is 1. The van der Waals surface area contributed by atoms with Crippen LogP contribution in [0.25, 0.3) is 0 Å². The Morgan fingerprint density at radius 1 is 1.17 bits per heavy atom. The van der Waals surface area contributed by atoms with Gasteiger partial charge >= 0.3 is 0 Å². The zero-order chi connectivity index (χ0) is 21.0. The highest BCUT2D eigenvalue weighted by Gasteiger charge is 2.16. The Labute approximate surface area is 181 Å². The number of hydrogen-bond donors (Lipinski definition) is 1. The van der Waals surface area contributed by atoms with E-state index in [9.17, 15) is 0 Å². The molecule has 2 heterocycles. The maximum Gasteiger partial charge on any atom is 0.193 e. The quantitative estimate of drug-likeness (QED) is 0.490. The molecule has 0 aliphatic carbocycles. The van der Waals surface area contributed by atoms with Crippen LogP contribution in [0, 0.1) is 5.92 Å². The van der Waals surface area contributed by atoms with Crippen LogP contribution in [0.5, 0.6) is 5.75 Å². The van der Waals surface area contributed by atoms with E-state index in [0.29, 0.717) is 13.2 Å². The van der Waals surface area contributed by atoms with Gasteiger partial charge in [0.15, 0.2) is 5.96 Å². The van der Waals surface area contributed by atoms with Crippen molar-refractivity contribution < 1.29 is 14.2 Å². The molecule has 2 saturated heterocycles. The summed E-state index contributed by atoms with van der Waals surface area (Å²) in [5.74, 6) is 2.63. The van der Waals surface area contributed by atoms with Crippen molar-refractivity contribution in [3.63, 3.8) is 0 Å². The molecule has 0 aromatic heterocycles. The predicted octanol–water partition coefficient (Wildman–Crippen LogP) is 2.22. The molecule has 168 valence electrons. The van der Waals surface area contributed by atoms with Crippen molar-refractivity contribution in [2.24, 2.45) is 10.9 Å².